The van der Waals surface area contributed by atoms with Crippen LogP contribution >= 0.6 is 15.9 Å². The zero-order valence-corrected chi connectivity index (χ0v) is 12.5. The van der Waals surface area contributed by atoms with Gasteiger partial charge in [0.25, 0.3) is 0 Å². The summed E-state index contributed by atoms with van der Waals surface area (Å²) in [6.07, 6.45) is 0. The molecule has 15 heavy (non-hydrogen) atoms. The average Bonchev–Trinajstić information content (AvgIpc) is 2.18. The van der Waals surface area contributed by atoms with Crippen molar-refractivity contribution in [2.24, 2.45) is 0 Å². The standard InChI is InChI=1S/C10H7BrO2S.Na/c11-10-8-4-2-1-3-7(8)5-6-9(10)14(12)13;/h1-6H,(H,12,13);/q;+1/p-1. The van der Waals surface area contributed by atoms with Gasteiger partial charge >= 0.3 is 29.6 Å². The van der Waals surface area contributed by atoms with Gasteiger partial charge in [-0.1, -0.05) is 30.3 Å². The molecule has 1 atom stereocenters. The van der Waals surface area contributed by atoms with Crippen molar-refractivity contribution in [1.82, 2.24) is 0 Å². The number of hydrogen-bond acceptors (Lipinski definition) is 2. The van der Waals surface area contributed by atoms with Crippen molar-refractivity contribution >= 4 is 37.8 Å². The molecule has 0 spiro atoms. The Morgan fingerprint density at radius 1 is 1.13 bits per heavy atom. The Morgan fingerprint density at radius 3 is 2.47 bits per heavy atom. The quantitative estimate of drug-likeness (QED) is 0.542. The summed E-state index contributed by atoms with van der Waals surface area (Å²) in [7, 11) is 0. The zero-order valence-electron chi connectivity index (χ0n) is 8.07. The molecule has 1 unspecified atom stereocenters. The van der Waals surface area contributed by atoms with E-state index in [1.165, 1.54) is 0 Å². The Morgan fingerprint density at radius 2 is 1.80 bits per heavy atom. The van der Waals surface area contributed by atoms with E-state index < -0.39 is 11.1 Å². The van der Waals surface area contributed by atoms with Crippen LogP contribution in [0.4, 0.5) is 0 Å². The summed E-state index contributed by atoms with van der Waals surface area (Å²) in [5.74, 6) is 0. The molecular weight excluding hydrogens is 287 g/mol. The SMILES string of the molecule is O=S([O-])c1ccc2ccccc2c1Br.[Na+]. The Labute approximate surface area is 121 Å². The molecule has 0 amide bonds. The van der Waals surface area contributed by atoms with Gasteiger partial charge < -0.3 is 4.55 Å². The summed E-state index contributed by atoms with van der Waals surface area (Å²) in [5, 5.41) is 1.93. The van der Waals surface area contributed by atoms with Gasteiger partial charge in [-0.3, -0.25) is 4.21 Å². The number of benzene rings is 2. The molecule has 0 saturated carbocycles. The minimum atomic E-state index is -2.19. The van der Waals surface area contributed by atoms with Crippen LogP contribution in [0.3, 0.4) is 0 Å². The number of halogens is 1. The fourth-order valence-corrected chi connectivity index (χ4v) is 2.67. The molecule has 2 rings (SSSR count). The second-order valence-corrected chi connectivity index (χ2v) is 4.54. The van der Waals surface area contributed by atoms with Crippen molar-refractivity contribution in [2.45, 2.75) is 4.90 Å². The number of hydrogen-bond donors (Lipinski definition) is 0. The Balaban J connectivity index is 0.00000112. The first-order valence-corrected chi connectivity index (χ1v) is 5.83. The van der Waals surface area contributed by atoms with Crippen LogP contribution in [0, 0.1) is 0 Å². The molecule has 0 heterocycles. The Kier molecular flexibility index (Phi) is 4.96. The van der Waals surface area contributed by atoms with E-state index in [4.69, 9.17) is 0 Å². The van der Waals surface area contributed by atoms with Crippen molar-refractivity contribution < 1.29 is 38.3 Å². The van der Waals surface area contributed by atoms with Crippen LogP contribution in [0.15, 0.2) is 45.8 Å². The van der Waals surface area contributed by atoms with Gasteiger partial charge in [0.1, 0.15) is 0 Å². The maximum atomic E-state index is 10.8. The van der Waals surface area contributed by atoms with Crippen LogP contribution < -0.4 is 29.6 Å². The van der Waals surface area contributed by atoms with Gasteiger partial charge in [-0.05, 0) is 43.8 Å². The molecular formula is C10H6BrNaO2S. The Bertz CT molecular complexity index is 516. The fraction of sp³-hybridized carbons (Fsp3) is 0. The summed E-state index contributed by atoms with van der Waals surface area (Å²) in [4.78, 5) is 0.295. The smallest absolute Gasteiger partial charge is 0.768 e. The molecule has 0 aliphatic carbocycles. The van der Waals surface area contributed by atoms with Gasteiger partial charge in [0, 0.05) is 9.37 Å². The average molecular weight is 293 g/mol. The van der Waals surface area contributed by atoms with Crippen molar-refractivity contribution in [3.05, 3.63) is 40.9 Å². The van der Waals surface area contributed by atoms with Crippen molar-refractivity contribution in [1.29, 1.82) is 0 Å². The molecule has 2 aromatic carbocycles. The van der Waals surface area contributed by atoms with Crippen LogP contribution in [0.25, 0.3) is 10.8 Å². The van der Waals surface area contributed by atoms with E-state index in [1.807, 2.05) is 24.3 Å². The molecule has 0 aromatic heterocycles. The van der Waals surface area contributed by atoms with E-state index in [2.05, 4.69) is 15.9 Å². The van der Waals surface area contributed by atoms with Gasteiger partial charge in [0.05, 0.1) is 0 Å². The minimum Gasteiger partial charge on any atom is -0.768 e. The van der Waals surface area contributed by atoms with Gasteiger partial charge in [-0.2, -0.15) is 0 Å². The monoisotopic (exact) mass is 292 g/mol. The van der Waals surface area contributed by atoms with E-state index >= 15 is 0 Å². The molecule has 0 aliphatic heterocycles. The third-order valence-electron chi connectivity index (χ3n) is 2.01. The van der Waals surface area contributed by atoms with Crippen molar-refractivity contribution in [3.8, 4) is 0 Å². The normalized spacial score (nSPS) is 12.1. The van der Waals surface area contributed by atoms with E-state index in [9.17, 15) is 8.76 Å². The van der Waals surface area contributed by atoms with Crippen LogP contribution in [0.2, 0.25) is 0 Å². The molecule has 0 saturated heterocycles. The molecule has 0 bridgehead atoms. The topological polar surface area (TPSA) is 40.1 Å². The van der Waals surface area contributed by atoms with Crippen LogP contribution in [0.5, 0.6) is 0 Å². The van der Waals surface area contributed by atoms with E-state index in [0.717, 1.165) is 10.8 Å². The molecule has 0 N–H and O–H groups in total. The van der Waals surface area contributed by atoms with Crippen molar-refractivity contribution in [3.63, 3.8) is 0 Å². The summed E-state index contributed by atoms with van der Waals surface area (Å²) in [6.45, 7) is 0. The summed E-state index contributed by atoms with van der Waals surface area (Å²) in [5.41, 5.74) is 0. The molecule has 0 aliphatic rings. The number of fused-ring (bicyclic) bond motifs is 1. The molecule has 2 nitrogen and oxygen atoms in total. The third-order valence-corrected chi connectivity index (χ3v) is 3.82. The largest absolute Gasteiger partial charge is 1.00 e. The molecule has 72 valence electrons. The van der Waals surface area contributed by atoms with Crippen molar-refractivity contribution in [2.75, 3.05) is 0 Å². The van der Waals surface area contributed by atoms with Gasteiger partial charge in [0.15, 0.2) is 0 Å². The molecule has 0 radical (unpaired) electrons. The maximum absolute atomic E-state index is 10.8. The number of rotatable bonds is 1. The predicted molar refractivity (Wildman–Crippen MR) is 58.8 cm³/mol. The summed E-state index contributed by atoms with van der Waals surface area (Å²) < 4.78 is 22.3. The van der Waals surface area contributed by atoms with Crippen LogP contribution in [-0.2, 0) is 11.1 Å². The van der Waals surface area contributed by atoms with Gasteiger partial charge in [-0.25, -0.2) is 0 Å². The van der Waals surface area contributed by atoms with Crippen LogP contribution in [0.1, 0.15) is 0 Å². The summed E-state index contributed by atoms with van der Waals surface area (Å²) >= 11 is 1.10. The van der Waals surface area contributed by atoms with Gasteiger partial charge in [-0.15, -0.1) is 0 Å². The second-order valence-electron chi connectivity index (χ2n) is 2.83. The maximum Gasteiger partial charge on any atom is 1.00 e. The van der Waals surface area contributed by atoms with E-state index in [1.54, 1.807) is 12.1 Å². The van der Waals surface area contributed by atoms with E-state index in [0.29, 0.717) is 9.37 Å². The zero-order chi connectivity index (χ0) is 10.1. The summed E-state index contributed by atoms with van der Waals surface area (Å²) in [6, 6.07) is 11.0. The fourth-order valence-electron chi connectivity index (χ4n) is 1.34. The molecule has 0 fully saturated rings. The first kappa shape index (κ1) is 13.4. The Hall–Kier alpha value is 0.290. The van der Waals surface area contributed by atoms with E-state index in [-0.39, 0.29) is 29.6 Å². The predicted octanol–water partition coefficient (Wildman–Crippen LogP) is -0.156. The molecule has 5 heteroatoms. The second kappa shape index (κ2) is 5.57. The van der Waals surface area contributed by atoms with Crippen LogP contribution in [-0.4, -0.2) is 8.76 Å². The first-order chi connectivity index (χ1) is 6.70. The molecule has 2 aromatic rings. The van der Waals surface area contributed by atoms with Gasteiger partial charge in [0.2, 0.25) is 0 Å². The first-order valence-electron chi connectivity index (χ1n) is 3.96. The third kappa shape index (κ3) is 2.70. The minimum absolute atomic E-state index is 0.